The Balaban J connectivity index is 1.46. The monoisotopic (exact) mass is 367 g/mol. The van der Waals surface area contributed by atoms with E-state index in [1.165, 1.54) is 0 Å². The highest BCUT2D eigenvalue weighted by Gasteiger charge is 2.22. The first-order valence-electron chi connectivity index (χ1n) is 9.33. The smallest absolute Gasteiger partial charge is 0.338 e. The topological polar surface area (TPSA) is 55.8 Å². The summed E-state index contributed by atoms with van der Waals surface area (Å²) in [5.41, 5.74) is 1.48. The minimum Gasteiger partial charge on any atom is -0.489 e. The van der Waals surface area contributed by atoms with E-state index in [0.717, 1.165) is 31.5 Å². The van der Waals surface area contributed by atoms with Gasteiger partial charge in [-0.3, -0.25) is 4.79 Å². The molecule has 142 valence electrons. The zero-order chi connectivity index (χ0) is 19.1. The summed E-state index contributed by atoms with van der Waals surface area (Å²) < 4.78 is 10.9. The van der Waals surface area contributed by atoms with Crippen LogP contribution in [-0.4, -0.2) is 36.5 Å². The molecule has 27 heavy (non-hydrogen) atoms. The highest BCUT2D eigenvalue weighted by Crippen LogP contribution is 2.17. The molecule has 1 aliphatic rings. The Morgan fingerprint density at radius 2 is 1.81 bits per heavy atom. The fourth-order valence-electron chi connectivity index (χ4n) is 3.15. The maximum Gasteiger partial charge on any atom is 0.338 e. The summed E-state index contributed by atoms with van der Waals surface area (Å²) in [7, 11) is 0. The third-order valence-corrected chi connectivity index (χ3v) is 4.67. The van der Waals surface area contributed by atoms with Gasteiger partial charge in [-0.25, -0.2) is 4.79 Å². The van der Waals surface area contributed by atoms with Gasteiger partial charge in [0, 0.05) is 13.1 Å². The molecule has 5 heteroatoms. The Kier molecular flexibility index (Phi) is 6.47. The van der Waals surface area contributed by atoms with Crippen LogP contribution < -0.4 is 4.74 Å². The lowest BCUT2D eigenvalue weighted by atomic mass is 10.0. The number of piperidine rings is 1. The second-order valence-electron chi connectivity index (χ2n) is 6.96. The van der Waals surface area contributed by atoms with Gasteiger partial charge in [0.15, 0.2) is 6.61 Å². The zero-order valence-electron chi connectivity index (χ0n) is 15.6. The van der Waals surface area contributed by atoms with Crippen LogP contribution in [0.3, 0.4) is 0 Å². The van der Waals surface area contributed by atoms with Gasteiger partial charge < -0.3 is 14.4 Å². The molecule has 1 aliphatic heterocycles. The third-order valence-electron chi connectivity index (χ3n) is 4.67. The molecule has 0 saturated carbocycles. The number of carbonyl (C=O) groups is 2. The molecule has 0 aromatic heterocycles. The molecule has 0 aliphatic carbocycles. The van der Waals surface area contributed by atoms with Gasteiger partial charge in [-0.2, -0.15) is 0 Å². The quantitative estimate of drug-likeness (QED) is 0.731. The lowest BCUT2D eigenvalue weighted by Crippen LogP contribution is -2.41. The molecule has 1 fully saturated rings. The number of nitrogens with zero attached hydrogens (tertiary/aromatic N) is 1. The van der Waals surface area contributed by atoms with Crippen LogP contribution in [0.1, 0.15) is 35.7 Å². The zero-order valence-corrected chi connectivity index (χ0v) is 15.6. The van der Waals surface area contributed by atoms with Crippen LogP contribution in [0.4, 0.5) is 0 Å². The van der Waals surface area contributed by atoms with Crippen LogP contribution in [0.15, 0.2) is 54.6 Å². The number of hydrogen-bond donors (Lipinski definition) is 0. The Bertz CT molecular complexity index is 758. The number of amides is 1. The average molecular weight is 367 g/mol. The molecule has 1 saturated heterocycles. The fraction of sp³-hybridized carbons (Fsp3) is 0.364. The number of carbonyl (C=O) groups excluding carboxylic acids is 2. The molecule has 0 radical (unpaired) electrons. The van der Waals surface area contributed by atoms with E-state index in [1.54, 1.807) is 29.2 Å². The Morgan fingerprint density at radius 1 is 1.07 bits per heavy atom. The van der Waals surface area contributed by atoms with Crippen molar-refractivity contribution < 1.29 is 19.1 Å². The van der Waals surface area contributed by atoms with Crippen LogP contribution in [0.2, 0.25) is 0 Å². The molecule has 1 heterocycles. The summed E-state index contributed by atoms with van der Waals surface area (Å²) in [6, 6.07) is 16.6. The first-order chi connectivity index (χ1) is 13.1. The Labute approximate surface area is 159 Å². The highest BCUT2D eigenvalue weighted by molar-refractivity contribution is 5.91. The van der Waals surface area contributed by atoms with Crippen molar-refractivity contribution in [2.24, 2.45) is 5.92 Å². The summed E-state index contributed by atoms with van der Waals surface area (Å²) >= 11 is 0. The van der Waals surface area contributed by atoms with Gasteiger partial charge in [0.1, 0.15) is 12.4 Å². The lowest BCUT2D eigenvalue weighted by Gasteiger charge is -2.30. The van der Waals surface area contributed by atoms with Crippen molar-refractivity contribution in [2.75, 3.05) is 19.7 Å². The van der Waals surface area contributed by atoms with Crippen LogP contribution in [0.25, 0.3) is 0 Å². The van der Waals surface area contributed by atoms with Gasteiger partial charge in [-0.1, -0.05) is 37.3 Å². The minimum absolute atomic E-state index is 0.127. The van der Waals surface area contributed by atoms with E-state index >= 15 is 0 Å². The molecular weight excluding hydrogens is 342 g/mol. The van der Waals surface area contributed by atoms with Gasteiger partial charge in [0.2, 0.25) is 0 Å². The number of likely N-dealkylation sites (tertiary alicyclic amines) is 1. The largest absolute Gasteiger partial charge is 0.489 e. The summed E-state index contributed by atoms with van der Waals surface area (Å²) in [6.45, 7) is 3.87. The molecule has 0 spiro atoms. The number of rotatable bonds is 6. The summed E-state index contributed by atoms with van der Waals surface area (Å²) in [4.78, 5) is 26.1. The molecule has 3 rings (SSSR count). The van der Waals surface area contributed by atoms with E-state index in [4.69, 9.17) is 9.47 Å². The van der Waals surface area contributed by atoms with Crippen molar-refractivity contribution in [3.8, 4) is 5.75 Å². The molecule has 2 aromatic rings. The number of esters is 1. The summed E-state index contributed by atoms with van der Waals surface area (Å²) in [5, 5.41) is 0. The van der Waals surface area contributed by atoms with Crippen LogP contribution in [-0.2, 0) is 16.1 Å². The van der Waals surface area contributed by atoms with Crippen molar-refractivity contribution >= 4 is 11.9 Å². The maximum absolute atomic E-state index is 12.2. The molecule has 1 atom stereocenters. The van der Waals surface area contributed by atoms with Gasteiger partial charge >= 0.3 is 5.97 Å². The van der Waals surface area contributed by atoms with Crippen molar-refractivity contribution in [3.63, 3.8) is 0 Å². The predicted molar refractivity (Wildman–Crippen MR) is 102 cm³/mol. The first kappa shape index (κ1) is 19.0. The van der Waals surface area contributed by atoms with Crippen LogP contribution >= 0.6 is 0 Å². The standard InChI is InChI=1S/C22H25NO4/c1-17-6-5-13-23(14-17)21(24)16-27-22(25)19-9-11-20(12-10-19)26-15-18-7-3-2-4-8-18/h2-4,7-12,17H,5-6,13-16H2,1H3/t17-/m0/s1. The van der Waals surface area contributed by atoms with E-state index in [2.05, 4.69) is 6.92 Å². The second-order valence-corrected chi connectivity index (χ2v) is 6.96. The SMILES string of the molecule is C[C@H]1CCCN(C(=O)COC(=O)c2ccc(OCc3ccccc3)cc2)C1. The molecule has 2 aromatic carbocycles. The predicted octanol–water partition coefficient (Wildman–Crippen LogP) is 3.68. The second kappa shape index (κ2) is 9.21. The van der Waals surface area contributed by atoms with E-state index in [1.807, 2.05) is 30.3 Å². The number of ether oxygens (including phenoxy) is 2. The van der Waals surface area contributed by atoms with Crippen LogP contribution in [0, 0.1) is 5.92 Å². The van der Waals surface area contributed by atoms with Crippen molar-refractivity contribution in [2.45, 2.75) is 26.4 Å². The van der Waals surface area contributed by atoms with Crippen molar-refractivity contribution in [1.82, 2.24) is 4.90 Å². The summed E-state index contributed by atoms with van der Waals surface area (Å²) in [5.74, 6) is 0.552. The van der Waals surface area contributed by atoms with E-state index in [0.29, 0.717) is 23.8 Å². The normalized spacial score (nSPS) is 16.6. The van der Waals surface area contributed by atoms with Gasteiger partial charge in [0.25, 0.3) is 5.91 Å². The molecular formula is C22H25NO4. The van der Waals surface area contributed by atoms with Crippen molar-refractivity contribution in [1.29, 1.82) is 0 Å². The Morgan fingerprint density at radius 3 is 2.52 bits per heavy atom. The van der Waals surface area contributed by atoms with E-state index in [9.17, 15) is 9.59 Å². The molecule has 0 unspecified atom stereocenters. The molecule has 0 bridgehead atoms. The highest BCUT2D eigenvalue weighted by atomic mass is 16.5. The Hall–Kier alpha value is -2.82. The van der Waals surface area contributed by atoms with Gasteiger partial charge in [0.05, 0.1) is 5.56 Å². The lowest BCUT2D eigenvalue weighted by molar-refractivity contribution is -0.136. The third kappa shape index (κ3) is 5.58. The molecule has 5 nitrogen and oxygen atoms in total. The first-order valence-corrected chi connectivity index (χ1v) is 9.33. The summed E-state index contributed by atoms with van der Waals surface area (Å²) in [6.07, 6.45) is 2.15. The van der Waals surface area contributed by atoms with E-state index in [-0.39, 0.29) is 12.5 Å². The van der Waals surface area contributed by atoms with Gasteiger partial charge in [-0.15, -0.1) is 0 Å². The van der Waals surface area contributed by atoms with Gasteiger partial charge in [-0.05, 0) is 48.6 Å². The van der Waals surface area contributed by atoms with Crippen molar-refractivity contribution in [3.05, 3.63) is 65.7 Å². The number of hydrogen-bond acceptors (Lipinski definition) is 4. The molecule has 1 amide bonds. The number of benzene rings is 2. The molecule has 0 N–H and O–H groups in total. The van der Waals surface area contributed by atoms with Crippen LogP contribution in [0.5, 0.6) is 5.75 Å². The fourth-order valence-corrected chi connectivity index (χ4v) is 3.15. The maximum atomic E-state index is 12.2. The van der Waals surface area contributed by atoms with E-state index < -0.39 is 5.97 Å². The minimum atomic E-state index is -0.497. The average Bonchev–Trinajstić information content (AvgIpc) is 2.71.